The van der Waals surface area contributed by atoms with Gasteiger partial charge in [0, 0.05) is 19.4 Å². The second kappa shape index (κ2) is 8.46. The fourth-order valence-electron chi connectivity index (χ4n) is 0.921. The van der Waals surface area contributed by atoms with Crippen molar-refractivity contribution in [3.8, 4) is 0 Å². The fourth-order valence-corrected chi connectivity index (χ4v) is 0.921. The number of carboxylic acid groups (broad SMARTS) is 1. The number of carbonyl (C=O) groups is 3. The van der Waals surface area contributed by atoms with E-state index in [9.17, 15) is 14.4 Å². The molecular weight excluding hydrogens is 212 g/mol. The Hall–Kier alpha value is -1.85. The fraction of sp³-hybridized carbons (Fsp3) is 0.500. The Morgan fingerprint density at radius 3 is 2.50 bits per heavy atom. The average Bonchev–Trinajstić information content (AvgIpc) is 2.17. The highest BCUT2D eigenvalue weighted by atomic mass is 16.4. The van der Waals surface area contributed by atoms with E-state index in [-0.39, 0.29) is 19.3 Å². The highest BCUT2D eigenvalue weighted by molar-refractivity contribution is 5.94. The Bertz CT molecular complexity index is 276. The van der Waals surface area contributed by atoms with Crippen LogP contribution in [0.3, 0.4) is 0 Å². The van der Waals surface area contributed by atoms with Gasteiger partial charge in [-0.25, -0.2) is 4.79 Å². The number of carboxylic acids is 1. The molecule has 0 aromatic rings. The molecule has 0 saturated carbocycles. The number of urea groups is 1. The maximum atomic E-state index is 11.1. The van der Waals surface area contributed by atoms with E-state index in [2.05, 4.69) is 17.2 Å². The van der Waals surface area contributed by atoms with Crippen molar-refractivity contribution in [2.75, 3.05) is 6.54 Å². The SMILES string of the molecule is C=CCCNC(=O)NC(=O)CCCC(=O)O. The van der Waals surface area contributed by atoms with E-state index in [0.29, 0.717) is 13.0 Å². The molecule has 0 aliphatic heterocycles. The first-order valence-corrected chi connectivity index (χ1v) is 4.96. The third-order valence-corrected chi connectivity index (χ3v) is 1.68. The van der Waals surface area contributed by atoms with Crippen LogP contribution in [0.2, 0.25) is 0 Å². The van der Waals surface area contributed by atoms with Crippen LogP contribution in [-0.2, 0) is 9.59 Å². The largest absolute Gasteiger partial charge is 0.481 e. The van der Waals surface area contributed by atoms with Crippen LogP contribution in [0.15, 0.2) is 12.7 Å². The lowest BCUT2D eigenvalue weighted by Crippen LogP contribution is -2.39. The monoisotopic (exact) mass is 228 g/mol. The van der Waals surface area contributed by atoms with Gasteiger partial charge in [0.2, 0.25) is 5.91 Å². The predicted molar refractivity (Wildman–Crippen MR) is 57.8 cm³/mol. The third-order valence-electron chi connectivity index (χ3n) is 1.68. The van der Waals surface area contributed by atoms with Gasteiger partial charge in [-0.15, -0.1) is 6.58 Å². The molecule has 0 spiro atoms. The first-order valence-electron chi connectivity index (χ1n) is 4.96. The first kappa shape index (κ1) is 14.2. The van der Waals surface area contributed by atoms with Gasteiger partial charge in [-0.1, -0.05) is 6.08 Å². The van der Waals surface area contributed by atoms with Crippen LogP contribution in [0, 0.1) is 0 Å². The molecule has 6 heteroatoms. The molecule has 0 atom stereocenters. The van der Waals surface area contributed by atoms with Gasteiger partial charge in [0.15, 0.2) is 0 Å². The van der Waals surface area contributed by atoms with E-state index in [0.717, 1.165) is 0 Å². The summed E-state index contributed by atoms with van der Waals surface area (Å²) in [5.74, 6) is -1.43. The van der Waals surface area contributed by atoms with Crippen molar-refractivity contribution in [1.29, 1.82) is 0 Å². The zero-order chi connectivity index (χ0) is 12.4. The number of hydrogen-bond acceptors (Lipinski definition) is 3. The Labute approximate surface area is 93.7 Å². The van der Waals surface area contributed by atoms with Gasteiger partial charge in [0.05, 0.1) is 0 Å². The molecule has 0 aromatic heterocycles. The first-order chi connectivity index (χ1) is 7.56. The number of carbonyl (C=O) groups excluding carboxylic acids is 2. The van der Waals surface area contributed by atoms with Gasteiger partial charge in [-0.2, -0.15) is 0 Å². The maximum Gasteiger partial charge on any atom is 0.321 e. The van der Waals surface area contributed by atoms with Crippen molar-refractivity contribution in [1.82, 2.24) is 10.6 Å². The molecule has 0 aliphatic carbocycles. The van der Waals surface area contributed by atoms with Crippen LogP contribution >= 0.6 is 0 Å². The van der Waals surface area contributed by atoms with E-state index < -0.39 is 17.9 Å². The van der Waals surface area contributed by atoms with Crippen molar-refractivity contribution in [2.45, 2.75) is 25.7 Å². The highest BCUT2D eigenvalue weighted by Gasteiger charge is 2.07. The maximum absolute atomic E-state index is 11.1. The molecule has 90 valence electrons. The predicted octanol–water partition coefficient (Wildman–Crippen LogP) is 0.643. The van der Waals surface area contributed by atoms with Gasteiger partial charge in [0.25, 0.3) is 0 Å². The van der Waals surface area contributed by atoms with Gasteiger partial charge in [0.1, 0.15) is 0 Å². The summed E-state index contributed by atoms with van der Waals surface area (Å²) in [5, 5.41) is 12.9. The molecule has 0 radical (unpaired) electrons. The molecule has 0 heterocycles. The Kier molecular flexibility index (Phi) is 7.48. The quantitative estimate of drug-likeness (QED) is 0.440. The minimum Gasteiger partial charge on any atom is -0.481 e. The van der Waals surface area contributed by atoms with Crippen LogP contribution in [0.25, 0.3) is 0 Å². The summed E-state index contributed by atoms with van der Waals surface area (Å²) in [4.78, 5) is 32.3. The van der Waals surface area contributed by atoms with Crippen LogP contribution < -0.4 is 10.6 Å². The summed E-state index contributed by atoms with van der Waals surface area (Å²) in [6.45, 7) is 3.90. The summed E-state index contributed by atoms with van der Waals surface area (Å²) in [6.07, 6.45) is 2.45. The number of imide groups is 1. The lowest BCUT2D eigenvalue weighted by molar-refractivity contribution is -0.137. The van der Waals surface area contributed by atoms with Gasteiger partial charge in [-0.3, -0.25) is 14.9 Å². The third kappa shape index (κ3) is 8.74. The molecule has 0 rings (SSSR count). The average molecular weight is 228 g/mol. The Morgan fingerprint density at radius 1 is 1.25 bits per heavy atom. The lowest BCUT2D eigenvalue weighted by Gasteiger charge is -2.04. The summed E-state index contributed by atoms with van der Waals surface area (Å²) in [7, 11) is 0. The highest BCUT2D eigenvalue weighted by Crippen LogP contribution is 1.94. The van der Waals surface area contributed by atoms with Crippen molar-refractivity contribution in [3.63, 3.8) is 0 Å². The Balaban J connectivity index is 3.58. The number of aliphatic carboxylic acids is 1. The number of amides is 3. The zero-order valence-corrected chi connectivity index (χ0v) is 8.99. The molecule has 3 amide bonds. The normalized spacial score (nSPS) is 9.25. The molecule has 0 saturated heterocycles. The number of rotatable bonds is 7. The second-order valence-electron chi connectivity index (χ2n) is 3.13. The molecule has 0 aromatic carbocycles. The summed E-state index contributed by atoms with van der Waals surface area (Å²) >= 11 is 0. The molecular formula is C10H16N2O4. The van der Waals surface area contributed by atoms with Gasteiger partial charge in [-0.05, 0) is 12.8 Å². The van der Waals surface area contributed by atoms with Crippen molar-refractivity contribution >= 4 is 17.9 Å². The molecule has 16 heavy (non-hydrogen) atoms. The van der Waals surface area contributed by atoms with Gasteiger partial charge >= 0.3 is 12.0 Å². The lowest BCUT2D eigenvalue weighted by atomic mass is 10.2. The molecule has 6 nitrogen and oxygen atoms in total. The number of hydrogen-bond donors (Lipinski definition) is 3. The van der Waals surface area contributed by atoms with Crippen LogP contribution in [0.5, 0.6) is 0 Å². The van der Waals surface area contributed by atoms with Crippen LogP contribution in [-0.4, -0.2) is 29.6 Å². The van der Waals surface area contributed by atoms with E-state index in [1.165, 1.54) is 0 Å². The Morgan fingerprint density at radius 2 is 1.94 bits per heavy atom. The molecule has 0 fully saturated rings. The van der Waals surface area contributed by atoms with Crippen LogP contribution in [0.1, 0.15) is 25.7 Å². The van der Waals surface area contributed by atoms with E-state index in [1.54, 1.807) is 6.08 Å². The summed E-state index contributed by atoms with van der Waals surface area (Å²) in [5.41, 5.74) is 0. The minimum atomic E-state index is -0.955. The zero-order valence-electron chi connectivity index (χ0n) is 8.99. The second-order valence-corrected chi connectivity index (χ2v) is 3.13. The standard InChI is InChI=1S/C10H16N2O4/c1-2-3-7-11-10(16)12-8(13)5-4-6-9(14)15/h2H,1,3-7H2,(H,14,15)(H2,11,12,13,16). The van der Waals surface area contributed by atoms with Gasteiger partial charge < -0.3 is 10.4 Å². The van der Waals surface area contributed by atoms with E-state index >= 15 is 0 Å². The summed E-state index contributed by atoms with van der Waals surface area (Å²) < 4.78 is 0. The van der Waals surface area contributed by atoms with Crippen molar-refractivity contribution in [2.24, 2.45) is 0 Å². The molecule has 0 aliphatic rings. The smallest absolute Gasteiger partial charge is 0.321 e. The minimum absolute atomic E-state index is 0.0289. The topological polar surface area (TPSA) is 95.5 Å². The van der Waals surface area contributed by atoms with E-state index in [1.807, 2.05) is 0 Å². The molecule has 0 unspecified atom stereocenters. The van der Waals surface area contributed by atoms with E-state index in [4.69, 9.17) is 5.11 Å². The molecule has 0 bridgehead atoms. The van der Waals surface area contributed by atoms with Crippen molar-refractivity contribution in [3.05, 3.63) is 12.7 Å². The number of nitrogens with one attached hydrogen (secondary N) is 2. The summed E-state index contributed by atoms with van der Waals surface area (Å²) in [6, 6.07) is -0.567. The molecule has 3 N–H and O–H groups in total. The van der Waals surface area contributed by atoms with Crippen LogP contribution in [0.4, 0.5) is 4.79 Å². The van der Waals surface area contributed by atoms with Crippen molar-refractivity contribution < 1.29 is 19.5 Å².